The topological polar surface area (TPSA) is 63.7 Å². The molecule has 2 aromatic carbocycles. The highest BCUT2D eigenvalue weighted by Gasteiger charge is 2.17. The van der Waals surface area contributed by atoms with Gasteiger partial charge in [0, 0.05) is 19.7 Å². The Morgan fingerprint density at radius 1 is 1.12 bits per heavy atom. The summed E-state index contributed by atoms with van der Waals surface area (Å²) in [5, 5.41) is 0. The summed E-state index contributed by atoms with van der Waals surface area (Å²) in [6.07, 6.45) is 2.78. The summed E-state index contributed by atoms with van der Waals surface area (Å²) in [7, 11) is 0.708. The largest absolute Gasteiger partial charge is 0.494 e. The highest BCUT2D eigenvalue weighted by molar-refractivity contribution is 7.89. The fraction of sp³-hybridized carbons (Fsp3) is 0.167. The molecule has 0 heterocycles. The standard InChI is InChI=1S/C18H18FNO4S/c1-20(2)25(22,23)15-8-6-14(7-9-15)17(21)10-4-13-5-11-18(24-3)16(19)12-13/h4-12H,1-3H3/b10-4+. The molecular formula is C18H18FNO4S. The van der Waals surface area contributed by atoms with E-state index in [-0.39, 0.29) is 16.4 Å². The number of carbonyl (C=O) groups excluding carboxylic acids is 1. The maximum absolute atomic E-state index is 13.6. The van der Waals surface area contributed by atoms with E-state index in [0.717, 1.165) is 4.31 Å². The van der Waals surface area contributed by atoms with Gasteiger partial charge in [0.25, 0.3) is 0 Å². The maximum Gasteiger partial charge on any atom is 0.242 e. The first kappa shape index (κ1) is 18.8. The third-order valence-corrected chi connectivity index (χ3v) is 5.35. The summed E-state index contributed by atoms with van der Waals surface area (Å²) < 4.78 is 43.5. The Hall–Kier alpha value is -2.51. The Morgan fingerprint density at radius 3 is 2.28 bits per heavy atom. The van der Waals surface area contributed by atoms with E-state index in [2.05, 4.69) is 0 Å². The SMILES string of the molecule is COc1ccc(/C=C/C(=O)c2ccc(S(=O)(=O)N(C)C)cc2)cc1F. The van der Waals surface area contributed by atoms with Crippen molar-refractivity contribution in [2.45, 2.75) is 4.90 Å². The molecule has 5 nitrogen and oxygen atoms in total. The minimum Gasteiger partial charge on any atom is -0.494 e. The lowest BCUT2D eigenvalue weighted by Crippen LogP contribution is -2.22. The highest BCUT2D eigenvalue weighted by atomic mass is 32.2. The summed E-state index contributed by atoms with van der Waals surface area (Å²) in [4.78, 5) is 12.3. The van der Waals surface area contributed by atoms with Crippen LogP contribution in [-0.2, 0) is 10.0 Å². The second-order valence-corrected chi connectivity index (χ2v) is 7.56. The van der Waals surface area contributed by atoms with Crippen LogP contribution in [0.1, 0.15) is 15.9 Å². The Bertz CT molecular complexity index is 903. The molecule has 0 N–H and O–H groups in total. The monoisotopic (exact) mass is 363 g/mol. The molecule has 0 aliphatic heterocycles. The minimum atomic E-state index is -3.54. The van der Waals surface area contributed by atoms with Gasteiger partial charge in [-0.3, -0.25) is 4.79 Å². The molecule has 0 saturated carbocycles. The third-order valence-electron chi connectivity index (χ3n) is 3.52. The Balaban J connectivity index is 2.17. The number of ether oxygens (including phenoxy) is 1. The van der Waals surface area contributed by atoms with Crippen molar-refractivity contribution in [3.8, 4) is 5.75 Å². The fourth-order valence-electron chi connectivity index (χ4n) is 2.06. The van der Waals surface area contributed by atoms with Crippen molar-refractivity contribution in [1.82, 2.24) is 4.31 Å². The number of nitrogens with zero attached hydrogens (tertiary/aromatic N) is 1. The van der Waals surface area contributed by atoms with Crippen LogP contribution in [0.25, 0.3) is 6.08 Å². The van der Waals surface area contributed by atoms with Crippen LogP contribution in [0, 0.1) is 5.82 Å². The van der Waals surface area contributed by atoms with E-state index in [1.165, 1.54) is 69.8 Å². The number of halogens is 1. The maximum atomic E-state index is 13.6. The molecule has 0 atom stereocenters. The molecule has 0 spiro atoms. The van der Waals surface area contributed by atoms with Gasteiger partial charge in [-0.25, -0.2) is 17.1 Å². The van der Waals surface area contributed by atoms with Gasteiger partial charge in [0.2, 0.25) is 10.0 Å². The summed E-state index contributed by atoms with van der Waals surface area (Å²) in [5.74, 6) is -0.707. The number of allylic oxidation sites excluding steroid dienone is 1. The van der Waals surface area contributed by atoms with Gasteiger partial charge in [0.1, 0.15) is 0 Å². The molecule has 0 saturated heterocycles. The average molecular weight is 363 g/mol. The van der Waals surface area contributed by atoms with E-state index >= 15 is 0 Å². The van der Waals surface area contributed by atoms with Crippen LogP contribution >= 0.6 is 0 Å². The van der Waals surface area contributed by atoms with Crippen molar-refractivity contribution in [3.05, 3.63) is 65.5 Å². The van der Waals surface area contributed by atoms with Gasteiger partial charge in [0.05, 0.1) is 12.0 Å². The number of rotatable bonds is 6. The summed E-state index contributed by atoms with van der Waals surface area (Å²) in [6, 6.07) is 10.00. The van der Waals surface area contributed by atoms with Crippen LogP contribution in [0.3, 0.4) is 0 Å². The van der Waals surface area contributed by atoms with Crippen molar-refractivity contribution < 1.29 is 22.3 Å². The molecule has 7 heteroatoms. The normalized spacial score (nSPS) is 11.9. The van der Waals surface area contributed by atoms with Crippen LogP contribution in [0.5, 0.6) is 5.75 Å². The van der Waals surface area contributed by atoms with Gasteiger partial charge < -0.3 is 4.74 Å². The quantitative estimate of drug-likeness (QED) is 0.585. The fourth-order valence-corrected chi connectivity index (χ4v) is 2.96. The molecule has 0 aromatic heterocycles. The van der Waals surface area contributed by atoms with E-state index in [0.29, 0.717) is 11.1 Å². The van der Waals surface area contributed by atoms with Gasteiger partial charge in [0.15, 0.2) is 17.3 Å². The predicted octanol–water partition coefficient (Wildman–Crippen LogP) is 2.98. The molecule has 0 aliphatic carbocycles. The molecule has 132 valence electrons. The van der Waals surface area contributed by atoms with Crippen molar-refractivity contribution in [3.63, 3.8) is 0 Å². The van der Waals surface area contributed by atoms with Gasteiger partial charge in [-0.2, -0.15) is 0 Å². The minimum absolute atomic E-state index is 0.107. The Labute approximate surface area is 146 Å². The highest BCUT2D eigenvalue weighted by Crippen LogP contribution is 2.19. The van der Waals surface area contributed by atoms with Crippen molar-refractivity contribution >= 4 is 21.9 Å². The first-order valence-corrected chi connectivity index (χ1v) is 8.78. The van der Waals surface area contributed by atoms with Gasteiger partial charge in [-0.15, -0.1) is 0 Å². The van der Waals surface area contributed by atoms with E-state index in [9.17, 15) is 17.6 Å². The van der Waals surface area contributed by atoms with Crippen LogP contribution in [0.15, 0.2) is 53.4 Å². The number of sulfonamides is 1. The summed E-state index contributed by atoms with van der Waals surface area (Å²) in [5.41, 5.74) is 0.849. The van der Waals surface area contributed by atoms with Crippen molar-refractivity contribution in [2.75, 3.05) is 21.2 Å². The number of benzene rings is 2. The van der Waals surface area contributed by atoms with Gasteiger partial charge in [-0.1, -0.05) is 12.1 Å². The van der Waals surface area contributed by atoms with E-state index < -0.39 is 15.8 Å². The van der Waals surface area contributed by atoms with Crippen molar-refractivity contribution in [2.24, 2.45) is 0 Å². The van der Waals surface area contributed by atoms with Crippen LogP contribution < -0.4 is 4.74 Å². The number of hydrogen-bond donors (Lipinski definition) is 0. The second kappa shape index (κ2) is 7.58. The first-order chi connectivity index (χ1) is 11.8. The molecular weight excluding hydrogens is 345 g/mol. The van der Waals surface area contributed by atoms with Crippen LogP contribution in [0.4, 0.5) is 4.39 Å². The van der Waals surface area contributed by atoms with Gasteiger partial charge in [-0.05, 0) is 48.0 Å². The van der Waals surface area contributed by atoms with E-state index in [4.69, 9.17) is 4.74 Å². The van der Waals surface area contributed by atoms with Crippen LogP contribution in [0.2, 0.25) is 0 Å². The lowest BCUT2D eigenvalue weighted by molar-refractivity contribution is 0.104. The second-order valence-electron chi connectivity index (χ2n) is 5.40. The average Bonchev–Trinajstić information content (AvgIpc) is 2.59. The number of hydrogen-bond acceptors (Lipinski definition) is 4. The molecule has 2 rings (SSSR count). The molecule has 25 heavy (non-hydrogen) atoms. The number of carbonyl (C=O) groups is 1. The lowest BCUT2D eigenvalue weighted by atomic mass is 10.1. The molecule has 0 fully saturated rings. The Kier molecular flexibility index (Phi) is 5.71. The molecule has 0 unspecified atom stereocenters. The molecule has 2 aromatic rings. The zero-order valence-electron chi connectivity index (χ0n) is 14.1. The lowest BCUT2D eigenvalue weighted by Gasteiger charge is -2.11. The molecule has 0 radical (unpaired) electrons. The number of ketones is 1. The molecule has 0 amide bonds. The number of methoxy groups -OCH3 is 1. The molecule has 0 aliphatic rings. The van der Waals surface area contributed by atoms with E-state index in [1.54, 1.807) is 6.07 Å². The smallest absolute Gasteiger partial charge is 0.242 e. The van der Waals surface area contributed by atoms with Crippen molar-refractivity contribution in [1.29, 1.82) is 0 Å². The summed E-state index contributed by atoms with van der Waals surface area (Å²) in [6.45, 7) is 0. The third kappa shape index (κ3) is 4.32. The predicted molar refractivity (Wildman–Crippen MR) is 93.6 cm³/mol. The van der Waals surface area contributed by atoms with E-state index in [1.807, 2.05) is 0 Å². The Morgan fingerprint density at radius 2 is 1.76 bits per heavy atom. The molecule has 0 bridgehead atoms. The zero-order valence-corrected chi connectivity index (χ0v) is 14.9. The first-order valence-electron chi connectivity index (χ1n) is 7.34. The zero-order chi connectivity index (χ0) is 18.6. The van der Waals surface area contributed by atoms with Gasteiger partial charge >= 0.3 is 0 Å². The van der Waals surface area contributed by atoms with Crippen LogP contribution in [-0.4, -0.2) is 39.7 Å². The summed E-state index contributed by atoms with van der Waals surface area (Å²) >= 11 is 0.